The number of thioether (sulfide) groups is 2. The van der Waals surface area contributed by atoms with E-state index in [1.165, 1.54) is 33.8 Å². The molecule has 5 aromatic heterocycles. The first-order valence-electron chi connectivity index (χ1n) is 17.1. The minimum atomic E-state index is -4.93. The molecule has 0 spiro atoms. The van der Waals surface area contributed by atoms with Gasteiger partial charge in [-0.25, -0.2) is 9.97 Å². The van der Waals surface area contributed by atoms with Crippen molar-refractivity contribution in [1.29, 1.82) is 10.5 Å². The van der Waals surface area contributed by atoms with Crippen LogP contribution in [0, 0.1) is 22.7 Å². The number of benzene rings is 1. The monoisotopic (exact) mass is 902 g/mol. The van der Waals surface area contributed by atoms with Gasteiger partial charge in [-0.15, -0.1) is 22.7 Å². The van der Waals surface area contributed by atoms with Crippen molar-refractivity contribution >= 4 is 79.6 Å². The molecular formula is C39H28F6N6O3S5. The molecule has 6 rings (SSSR count). The Labute approximate surface area is 353 Å². The van der Waals surface area contributed by atoms with Crippen LogP contribution in [0.4, 0.5) is 26.3 Å². The van der Waals surface area contributed by atoms with E-state index < -0.39 is 55.9 Å². The van der Waals surface area contributed by atoms with Gasteiger partial charge in [0.05, 0.1) is 69.7 Å². The zero-order valence-corrected chi connectivity index (χ0v) is 35.4. The van der Waals surface area contributed by atoms with Gasteiger partial charge < -0.3 is 4.74 Å². The van der Waals surface area contributed by atoms with Crippen LogP contribution in [0.2, 0.25) is 0 Å². The van der Waals surface area contributed by atoms with Gasteiger partial charge in [0.2, 0.25) is 10.7 Å². The lowest BCUT2D eigenvalue weighted by atomic mass is 10.1. The summed E-state index contributed by atoms with van der Waals surface area (Å²) in [6.45, 7) is 7.64. The summed E-state index contributed by atoms with van der Waals surface area (Å²) in [6, 6.07) is 16.0. The topological polar surface area (TPSA) is 134 Å². The number of thiazole rings is 1. The van der Waals surface area contributed by atoms with E-state index >= 15 is 0 Å². The van der Waals surface area contributed by atoms with Crippen LogP contribution in [0.15, 0.2) is 80.4 Å². The third-order valence-corrected chi connectivity index (χ3v) is 13.5. The second-order valence-corrected chi connectivity index (χ2v) is 19.5. The van der Waals surface area contributed by atoms with Crippen molar-refractivity contribution in [3.05, 3.63) is 92.4 Å². The smallest absolute Gasteiger partial charge is 0.417 e. The molecule has 304 valence electrons. The molecule has 6 aromatic rings. The maximum Gasteiger partial charge on any atom is 0.417 e. The van der Waals surface area contributed by atoms with E-state index in [0.29, 0.717) is 43.7 Å². The molecule has 5 heterocycles. The average molecular weight is 903 g/mol. The Morgan fingerprint density at radius 1 is 0.797 bits per heavy atom. The van der Waals surface area contributed by atoms with Crippen LogP contribution in [0.3, 0.4) is 0 Å². The lowest BCUT2D eigenvalue weighted by Crippen LogP contribution is -2.39. The third-order valence-electron chi connectivity index (χ3n) is 8.36. The summed E-state index contributed by atoms with van der Waals surface area (Å²) < 4.78 is 89.7. The number of carbonyl (C=O) groups excluding carboxylic acids is 2. The summed E-state index contributed by atoms with van der Waals surface area (Å²) in [6.07, 6.45) is -9.86. The molecular weight excluding hydrogens is 875 g/mol. The van der Waals surface area contributed by atoms with E-state index in [1.54, 1.807) is 66.2 Å². The van der Waals surface area contributed by atoms with Gasteiger partial charge in [-0.1, -0.05) is 47.0 Å². The van der Waals surface area contributed by atoms with Gasteiger partial charge in [-0.2, -0.15) is 41.9 Å². The summed E-state index contributed by atoms with van der Waals surface area (Å²) in [5, 5.41) is 22.5. The fourth-order valence-electron chi connectivity index (χ4n) is 5.55. The van der Waals surface area contributed by atoms with Crippen LogP contribution in [0.1, 0.15) is 61.7 Å². The number of amides is 1. The van der Waals surface area contributed by atoms with Gasteiger partial charge in [0.25, 0.3) is 5.91 Å². The number of nitrogens with zero attached hydrogens (tertiary/aromatic N) is 6. The van der Waals surface area contributed by atoms with E-state index in [1.807, 2.05) is 0 Å². The zero-order valence-electron chi connectivity index (χ0n) is 31.3. The maximum atomic E-state index is 14.8. The number of hydrogen-bond donors (Lipinski definition) is 0. The van der Waals surface area contributed by atoms with Gasteiger partial charge in [0.15, 0.2) is 0 Å². The third kappa shape index (κ3) is 9.12. The largest absolute Gasteiger partial charge is 0.494 e. The molecule has 0 radical (unpaired) electrons. The van der Waals surface area contributed by atoms with Crippen molar-refractivity contribution in [3.63, 3.8) is 0 Å². The van der Waals surface area contributed by atoms with E-state index in [0.717, 1.165) is 50.7 Å². The molecule has 1 aromatic carbocycles. The van der Waals surface area contributed by atoms with Gasteiger partial charge >= 0.3 is 12.4 Å². The number of ether oxygens (including phenoxy) is 1. The fourth-order valence-corrected chi connectivity index (χ4v) is 9.99. The quantitative estimate of drug-likeness (QED) is 0.0972. The van der Waals surface area contributed by atoms with Crippen LogP contribution in [0.25, 0.3) is 31.4 Å². The van der Waals surface area contributed by atoms with Gasteiger partial charge in [-0.05, 0) is 81.8 Å². The fraction of sp³-hybridized carbons (Fsp3) is 0.256. The second-order valence-electron chi connectivity index (χ2n) is 13.4. The van der Waals surface area contributed by atoms with Crippen LogP contribution in [-0.2, 0) is 17.1 Å². The van der Waals surface area contributed by atoms with Crippen molar-refractivity contribution in [2.24, 2.45) is 4.99 Å². The SMILES string of the molecule is CCOc1ccc2sc(=NC(=O)C(C)(C)Sc3nc(-c4cccs4)cc(C(F)(F)F)c3C#N)n(C(=O)C(C)(C)Sc3nc(-c4cccs4)cc(C(F)(F)F)c3C#N)c2c1. The normalized spacial score (nSPS) is 12.7. The molecule has 1 amide bonds. The molecule has 0 aliphatic heterocycles. The number of thiophene rings is 2. The molecule has 0 aliphatic carbocycles. The molecule has 0 saturated carbocycles. The number of nitriles is 2. The van der Waals surface area contributed by atoms with E-state index in [2.05, 4.69) is 15.0 Å². The highest BCUT2D eigenvalue weighted by Crippen LogP contribution is 2.44. The first-order chi connectivity index (χ1) is 27.7. The first-order valence-corrected chi connectivity index (χ1v) is 21.3. The minimum Gasteiger partial charge on any atom is -0.494 e. The zero-order chi connectivity index (χ0) is 43.1. The average Bonchev–Trinajstić information content (AvgIpc) is 3.95. The van der Waals surface area contributed by atoms with E-state index in [4.69, 9.17) is 4.74 Å². The number of alkyl halides is 6. The number of hydrogen-bond acceptors (Lipinski definition) is 12. The van der Waals surface area contributed by atoms with Gasteiger partial charge in [-0.3, -0.25) is 14.2 Å². The highest BCUT2D eigenvalue weighted by Gasteiger charge is 2.41. The molecule has 0 atom stereocenters. The van der Waals surface area contributed by atoms with Crippen molar-refractivity contribution in [2.45, 2.75) is 66.5 Å². The van der Waals surface area contributed by atoms with Crippen molar-refractivity contribution in [3.8, 4) is 39.0 Å². The van der Waals surface area contributed by atoms with Crippen LogP contribution in [-0.4, -0.2) is 42.5 Å². The molecule has 0 aliphatic rings. The Bertz CT molecular complexity index is 2740. The Hall–Kier alpha value is -4.99. The van der Waals surface area contributed by atoms with Crippen LogP contribution < -0.4 is 9.54 Å². The summed E-state index contributed by atoms with van der Waals surface area (Å²) in [4.78, 5) is 42.6. The Morgan fingerprint density at radius 3 is 1.75 bits per heavy atom. The summed E-state index contributed by atoms with van der Waals surface area (Å²) in [5.74, 6) is -1.31. The predicted molar refractivity (Wildman–Crippen MR) is 217 cm³/mol. The summed E-state index contributed by atoms with van der Waals surface area (Å²) >= 11 is 4.43. The first kappa shape index (κ1) is 43.6. The van der Waals surface area contributed by atoms with Crippen LogP contribution >= 0.6 is 57.5 Å². The van der Waals surface area contributed by atoms with Gasteiger partial charge in [0, 0.05) is 6.07 Å². The predicted octanol–water partition coefficient (Wildman–Crippen LogP) is 11.3. The summed E-state index contributed by atoms with van der Waals surface area (Å²) in [5.41, 5.74) is -3.87. The highest BCUT2D eigenvalue weighted by molar-refractivity contribution is 8.01. The molecule has 0 N–H and O–H groups in total. The lowest BCUT2D eigenvalue weighted by Gasteiger charge is -2.24. The standard InChI is InChI=1S/C39H28F6N6O3S5/c1-6-54-20-11-12-30-27(15-20)51(34(53)37(4,5)59-32-22(19-47)24(39(43,44)45)17-26(49-32)29-10-8-14-56-29)35(57-30)50-33(52)36(2,3)58-31-21(18-46)23(38(40,41)42)16-25(48-31)28-9-7-13-55-28/h7-17H,6H2,1-5H3. The molecule has 59 heavy (non-hydrogen) atoms. The number of aromatic nitrogens is 3. The number of fused-ring (bicyclic) bond motifs is 1. The Morgan fingerprint density at radius 2 is 1.31 bits per heavy atom. The molecule has 0 fully saturated rings. The highest BCUT2D eigenvalue weighted by atomic mass is 32.2. The Kier molecular flexibility index (Phi) is 12.2. The summed E-state index contributed by atoms with van der Waals surface area (Å²) in [7, 11) is 0. The lowest BCUT2D eigenvalue weighted by molar-refractivity contribution is -0.138. The number of rotatable bonds is 10. The maximum absolute atomic E-state index is 14.8. The Balaban J connectivity index is 1.47. The van der Waals surface area contributed by atoms with E-state index in [-0.39, 0.29) is 38.4 Å². The van der Waals surface area contributed by atoms with Crippen molar-refractivity contribution in [1.82, 2.24) is 14.5 Å². The van der Waals surface area contributed by atoms with Crippen molar-refractivity contribution in [2.75, 3.05) is 6.61 Å². The van der Waals surface area contributed by atoms with E-state index in [9.17, 15) is 46.5 Å². The second kappa shape index (κ2) is 16.6. The van der Waals surface area contributed by atoms with Crippen LogP contribution in [0.5, 0.6) is 5.75 Å². The molecule has 0 unspecified atom stereocenters. The molecule has 0 saturated heterocycles. The number of pyridine rings is 2. The number of halogens is 6. The molecule has 20 heteroatoms. The minimum absolute atomic E-state index is 0.0505. The van der Waals surface area contributed by atoms with Gasteiger partial charge in [0.1, 0.15) is 27.9 Å². The molecule has 9 nitrogen and oxygen atoms in total. The molecule has 0 bridgehead atoms. The van der Waals surface area contributed by atoms with Crippen molar-refractivity contribution < 1.29 is 40.7 Å². The number of carbonyl (C=O) groups is 2.